The van der Waals surface area contributed by atoms with Gasteiger partial charge in [-0.25, -0.2) is 0 Å². The van der Waals surface area contributed by atoms with Gasteiger partial charge in [-0.15, -0.1) is 0 Å². The number of ether oxygens (including phenoxy) is 1. The van der Waals surface area contributed by atoms with E-state index in [1.165, 1.54) is 19.2 Å². The van der Waals surface area contributed by atoms with E-state index in [2.05, 4.69) is 10.5 Å². The monoisotopic (exact) mass is 378 g/mol. The van der Waals surface area contributed by atoms with Gasteiger partial charge in [0, 0.05) is 11.3 Å². The Bertz CT molecular complexity index is 846. The second-order valence-electron chi connectivity index (χ2n) is 6.06. The molecule has 142 valence electrons. The average molecular weight is 378 g/mol. The van der Waals surface area contributed by atoms with Crippen molar-refractivity contribution in [1.29, 1.82) is 0 Å². The van der Waals surface area contributed by atoms with Crippen LogP contribution in [0.1, 0.15) is 18.1 Å². The number of carbonyl (C=O) groups is 1. The van der Waals surface area contributed by atoms with Crippen molar-refractivity contribution in [2.45, 2.75) is 19.2 Å². The molecule has 2 atom stereocenters. The molecular weight excluding hydrogens is 361 g/mol. The summed E-state index contributed by atoms with van der Waals surface area (Å²) in [5.41, 5.74) is 0.495. The first-order valence-electron chi connectivity index (χ1n) is 8.16. The smallest absolute Gasteiger partial charge is 0.416 e. The molecule has 0 saturated carbocycles. The zero-order valence-corrected chi connectivity index (χ0v) is 14.6. The number of anilines is 1. The van der Waals surface area contributed by atoms with E-state index in [0.717, 1.165) is 12.1 Å². The number of alkyl halides is 3. The molecule has 3 rings (SSSR count). The molecule has 0 unspecified atom stereocenters. The molecule has 1 aliphatic rings. The van der Waals surface area contributed by atoms with Gasteiger partial charge in [-0.2, -0.15) is 13.2 Å². The number of halogens is 3. The van der Waals surface area contributed by atoms with Gasteiger partial charge in [0.2, 0.25) is 5.91 Å². The summed E-state index contributed by atoms with van der Waals surface area (Å²) in [4.78, 5) is 17.9. The van der Waals surface area contributed by atoms with E-state index in [1.807, 2.05) is 0 Å². The van der Waals surface area contributed by atoms with E-state index in [0.29, 0.717) is 22.7 Å². The molecule has 0 saturated heterocycles. The Balaban J connectivity index is 1.79. The zero-order valence-electron chi connectivity index (χ0n) is 14.6. The van der Waals surface area contributed by atoms with Crippen molar-refractivity contribution in [2.75, 3.05) is 12.4 Å². The third-order valence-corrected chi connectivity index (χ3v) is 4.23. The number of amides is 1. The fourth-order valence-corrected chi connectivity index (χ4v) is 2.77. The number of nitrogens with zero attached hydrogens (tertiary/aromatic N) is 1. The Morgan fingerprint density at radius 1 is 1.11 bits per heavy atom. The van der Waals surface area contributed by atoms with Crippen LogP contribution >= 0.6 is 0 Å². The van der Waals surface area contributed by atoms with Crippen LogP contribution in [0, 0.1) is 5.92 Å². The Morgan fingerprint density at radius 3 is 2.30 bits per heavy atom. The summed E-state index contributed by atoms with van der Waals surface area (Å²) in [7, 11) is 1.54. The van der Waals surface area contributed by atoms with Crippen molar-refractivity contribution in [2.24, 2.45) is 11.1 Å². The van der Waals surface area contributed by atoms with Gasteiger partial charge in [0.25, 0.3) is 0 Å². The maximum atomic E-state index is 12.7. The largest absolute Gasteiger partial charge is 0.497 e. The van der Waals surface area contributed by atoms with Gasteiger partial charge in [-0.3, -0.25) is 4.79 Å². The summed E-state index contributed by atoms with van der Waals surface area (Å²) in [6.45, 7) is 1.68. The van der Waals surface area contributed by atoms with Crippen molar-refractivity contribution >= 4 is 17.3 Å². The molecule has 0 fully saturated rings. The predicted octanol–water partition coefficient (Wildman–Crippen LogP) is 4.09. The first-order valence-corrected chi connectivity index (χ1v) is 8.16. The highest BCUT2D eigenvalue weighted by molar-refractivity contribution is 6.17. The SMILES string of the molecule is COc1ccc(NC(=O)[C@@H]2C(c3ccc(C(F)(F)F)cc3)=NO[C@H]2C)cc1. The highest BCUT2D eigenvalue weighted by Gasteiger charge is 2.38. The second kappa shape index (κ2) is 7.30. The van der Waals surface area contributed by atoms with E-state index < -0.39 is 23.8 Å². The highest BCUT2D eigenvalue weighted by atomic mass is 19.4. The van der Waals surface area contributed by atoms with Gasteiger partial charge in [0.15, 0.2) is 0 Å². The quantitative estimate of drug-likeness (QED) is 0.872. The van der Waals surface area contributed by atoms with E-state index >= 15 is 0 Å². The van der Waals surface area contributed by atoms with Crippen molar-refractivity contribution in [3.63, 3.8) is 0 Å². The number of carbonyl (C=O) groups excluding carboxylic acids is 1. The summed E-state index contributed by atoms with van der Waals surface area (Å²) in [6.07, 6.45) is -4.97. The van der Waals surface area contributed by atoms with Gasteiger partial charge in [0.05, 0.1) is 12.7 Å². The number of oxime groups is 1. The minimum Gasteiger partial charge on any atom is -0.497 e. The molecule has 27 heavy (non-hydrogen) atoms. The van der Waals surface area contributed by atoms with Crippen LogP contribution in [0.25, 0.3) is 0 Å². The van der Waals surface area contributed by atoms with Crippen LogP contribution < -0.4 is 10.1 Å². The Kier molecular flexibility index (Phi) is 5.07. The average Bonchev–Trinajstić information content (AvgIpc) is 3.03. The van der Waals surface area contributed by atoms with E-state index in [4.69, 9.17) is 9.57 Å². The van der Waals surface area contributed by atoms with Crippen molar-refractivity contribution in [3.05, 3.63) is 59.7 Å². The maximum absolute atomic E-state index is 12.7. The molecule has 8 heteroatoms. The normalized spacial score (nSPS) is 19.2. The lowest BCUT2D eigenvalue weighted by molar-refractivity contribution is -0.137. The fourth-order valence-electron chi connectivity index (χ4n) is 2.77. The molecule has 2 aromatic carbocycles. The highest BCUT2D eigenvalue weighted by Crippen LogP contribution is 2.31. The summed E-state index contributed by atoms with van der Waals surface area (Å²) >= 11 is 0. The molecule has 1 amide bonds. The van der Waals surface area contributed by atoms with Crippen LogP contribution in [-0.4, -0.2) is 24.8 Å². The van der Waals surface area contributed by atoms with Gasteiger partial charge in [-0.05, 0) is 43.3 Å². The molecule has 5 nitrogen and oxygen atoms in total. The minimum atomic E-state index is -4.43. The number of methoxy groups -OCH3 is 1. The van der Waals surface area contributed by atoms with Crippen LogP contribution in [0.5, 0.6) is 5.75 Å². The third kappa shape index (κ3) is 4.05. The van der Waals surface area contributed by atoms with E-state index in [-0.39, 0.29) is 5.91 Å². The van der Waals surface area contributed by atoms with Crippen molar-refractivity contribution < 1.29 is 27.5 Å². The summed E-state index contributed by atoms with van der Waals surface area (Å²) in [5, 5.41) is 6.67. The molecule has 0 spiro atoms. The number of hydrogen-bond acceptors (Lipinski definition) is 4. The molecule has 0 bridgehead atoms. The van der Waals surface area contributed by atoms with Crippen LogP contribution in [0.3, 0.4) is 0 Å². The summed E-state index contributed by atoms with van der Waals surface area (Å²) in [5.74, 6) is -0.453. The van der Waals surface area contributed by atoms with Crippen LogP contribution in [-0.2, 0) is 15.8 Å². The number of hydrogen-bond donors (Lipinski definition) is 1. The lowest BCUT2D eigenvalue weighted by Crippen LogP contribution is -2.34. The van der Waals surface area contributed by atoms with Gasteiger partial charge >= 0.3 is 6.18 Å². The van der Waals surface area contributed by atoms with Crippen molar-refractivity contribution in [3.8, 4) is 5.75 Å². The predicted molar refractivity (Wildman–Crippen MR) is 93.6 cm³/mol. The maximum Gasteiger partial charge on any atom is 0.416 e. The van der Waals surface area contributed by atoms with Crippen LogP contribution in [0.15, 0.2) is 53.7 Å². The Hall–Kier alpha value is -3.03. The topological polar surface area (TPSA) is 59.9 Å². The standard InChI is InChI=1S/C19H17F3N2O3/c1-11-16(18(25)23-14-7-9-15(26-2)10-8-14)17(24-27-11)12-3-5-13(6-4-12)19(20,21)22/h3-11,16H,1-2H3,(H,23,25)/t11-,16-/m0/s1. The molecule has 0 aliphatic carbocycles. The fraction of sp³-hybridized carbons (Fsp3) is 0.263. The Morgan fingerprint density at radius 2 is 1.74 bits per heavy atom. The van der Waals surface area contributed by atoms with Gasteiger partial charge in [0.1, 0.15) is 23.5 Å². The van der Waals surface area contributed by atoms with Gasteiger partial charge < -0.3 is 14.9 Å². The van der Waals surface area contributed by atoms with E-state index in [9.17, 15) is 18.0 Å². The first-order chi connectivity index (χ1) is 12.8. The molecule has 2 aromatic rings. The zero-order chi connectivity index (χ0) is 19.6. The first kappa shape index (κ1) is 18.8. The molecule has 1 N–H and O–H groups in total. The van der Waals surface area contributed by atoms with E-state index in [1.54, 1.807) is 31.2 Å². The molecule has 0 aromatic heterocycles. The minimum absolute atomic E-state index is 0.294. The summed E-state index contributed by atoms with van der Waals surface area (Å²) in [6, 6.07) is 11.3. The summed E-state index contributed by atoms with van der Waals surface area (Å²) < 4.78 is 43.3. The third-order valence-electron chi connectivity index (χ3n) is 4.23. The number of benzene rings is 2. The van der Waals surface area contributed by atoms with Crippen LogP contribution in [0.4, 0.5) is 18.9 Å². The van der Waals surface area contributed by atoms with Crippen LogP contribution in [0.2, 0.25) is 0 Å². The number of nitrogens with one attached hydrogen (secondary N) is 1. The van der Waals surface area contributed by atoms with Gasteiger partial charge in [-0.1, -0.05) is 17.3 Å². The molecule has 1 aliphatic heterocycles. The van der Waals surface area contributed by atoms with Crippen molar-refractivity contribution in [1.82, 2.24) is 0 Å². The lowest BCUT2D eigenvalue weighted by Gasteiger charge is -2.16. The Labute approximate surface area is 153 Å². The molecular formula is C19H17F3N2O3. The molecule has 0 radical (unpaired) electrons. The number of rotatable bonds is 4. The molecule has 1 heterocycles. The second-order valence-corrected chi connectivity index (χ2v) is 6.06. The lowest BCUT2D eigenvalue weighted by atomic mass is 9.91.